The summed E-state index contributed by atoms with van der Waals surface area (Å²) < 4.78 is 24.2. The van der Waals surface area contributed by atoms with Gasteiger partial charge in [-0.1, -0.05) is 35.9 Å². The molecular weight excluding hydrogens is 542 g/mol. The summed E-state index contributed by atoms with van der Waals surface area (Å²) >= 11 is 6.75. The summed E-state index contributed by atoms with van der Waals surface area (Å²) in [5, 5.41) is 6.89. The maximum absolute atomic E-state index is 11.5. The first-order chi connectivity index (χ1) is 20.1. The first-order valence-corrected chi connectivity index (χ1v) is 15.0. The van der Waals surface area contributed by atoms with E-state index < -0.39 is 0 Å². The lowest BCUT2D eigenvalue weighted by Crippen LogP contribution is -2.35. The van der Waals surface area contributed by atoms with Crippen molar-refractivity contribution in [2.45, 2.75) is 57.2 Å². The SMILES string of the molecule is O=C1CCC(CNCc2cc(Cl)c(O[C@H]3CCc4c(-c5ccc6c(c5)OCCO6)cccc43)nc2OCC2CC2)N1. The van der Waals surface area contributed by atoms with E-state index in [2.05, 4.69) is 41.0 Å². The van der Waals surface area contributed by atoms with Gasteiger partial charge in [-0.05, 0) is 78.5 Å². The molecule has 2 atom stereocenters. The number of benzene rings is 2. The standard InChI is InChI=1S/C32H34ClN3O5/c33-26-14-21(16-34-17-22-7-11-30(37)35-22)31(40-18-19-4-5-19)36-32(26)41-27-10-8-24-23(2-1-3-25(24)27)20-6-9-28-29(15-20)39-13-12-38-28/h1-3,6,9,14-15,19,22,27,34H,4-5,7-8,10-13,16-18H2,(H,35,37)/t22?,27-/m0/s1. The van der Waals surface area contributed by atoms with Crippen LogP contribution in [0.3, 0.4) is 0 Å². The minimum Gasteiger partial charge on any atom is -0.486 e. The molecule has 3 heterocycles. The number of pyridine rings is 1. The molecule has 8 nitrogen and oxygen atoms in total. The molecule has 1 saturated carbocycles. The van der Waals surface area contributed by atoms with Crippen LogP contribution >= 0.6 is 11.6 Å². The smallest absolute Gasteiger partial charge is 0.236 e. The van der Waals surface area contributed by atoms with Gasteiger partial charge in [0.05, 0.1) is 6.61 Å². The number of aromatic nitrogens is 1. The van der Waals surface area contributed by atoms with E-state index in [1.54, 1.807) is 0 Å². The third kappa shape index (κ3) is 5.81. The number of halogens is 1. The lowest BCUT2D eigenvalue weighted by atomic mass is 9.96. The largest absolute Gasteiger partial charge is 0.486 e. The molecule has 2 aliphatic carbocycles. The van der Waals surface area contributed by atoms with Crippen LogP contribution in [-0.4, -0.2) is 43.3 Å². The molecule has 41 heavy (non-hydrogen) atoms. The first-order valence-electron chi connectivity index (χ1n) is 14.6. The molecule has 7 rings (SSSR count). The molecule has 2 aromatic carbocycles. The van der Waals surface area contributed by atoms with E-state index in [4.69, 9.17) is 35.5 Å². The van der Waals surface area contributed by atoms with Gasteiger partial charge in [-0.2, -0.15) is 4.98 Å². The number of carbonyl (C=O) groups excluding carboxylic acids is 1. The molecule has 1 amide bonds. The van der Waals surface area contributed by atoms with Crippen LogP contribution < -0.4 is 29.6 Å². The van der Waals surface area contributed by atoms with Gasteiger partial charge in [-0.25, -0.2) is 0 Å². The maximum atomic E-state index is 11.5. The number of nitrogens with zero attached hydrogens (tertiary/aromatic N) is 1. The van der Waals surface area contributed by atoms with E-state index in [9.17, 15) is 4.79 Å². The van der Waals surface area contributed by atoms with Gasteiger partial charge < -0.3 is 29.6 Å². The number of fused-ring (bicyclic) bond motifs is 2. The van der Waals surface area contributed by atoms with E-state index >= 15 is 0 Å². The van der Waals surface area contributed by atoms with Crippen molar-refractivity contribution < 1.29 is 23.7 Å². The topological polar surface area (TPSA) is 90.9 Å². The first kappa shape index (κ1) is 26.4. The Hall–Kier alpha value is -3.49. The molecule has 1 saturated heterocycles. The fourth-order valence-electron chi connectivity index (χ4n) is 5.88. The van der Waals surface area contributed by atoms with Crippen LogP contribution in [0.25, 0.3) is 11.1 Å². The molecule has 4 aliphatic rings. The number of hydrogen-bond acceptors (Lipinski definition) is 7. The van der Waals surface area contributed by atoms with Crippen molar-refractivity contribution in [2.75, 3.05) is 26.4 Å². The predicted molar refractivity (Wildman–Crippen MR) is 155 cm³/mol. The number of rotatable bonds is 10. The zero-order valence-corrected chi connectivity index (χ0v) is 23.7. The Labute approximate surface area is 244 Å². The van der Waals surface area contributed by atoms with Gasteiger partial charge in [0.2, 0.25) is 17.7 Å². The van der Waals surface area contributed by atoms with Crippen LogP contribution in [0.4, 0.5) is 0 Å². The average Bonchev–Trinajstić information content (AvgIpc) is 3.60. The molecule has 2 N–H and O–H groups in total. The molecular formula is C32H34ClN3O5. The van der Waals surface area contributed by atoms with Crippen molar-refractivity contribution in [2.24, 2.45) is 5.92 Å². The Balaban J connectivity index is 1.09. The molecule has 0 radical (unpaired) electrons. The summed E-state index contributed by atoms with van der Waals surface area (Å²) in [6.07, 6.45) is 5.40. The normalized spacial score (nSPS) is 21.0. The van der Waals surface area contributed by atoms with Gasteiger partial charge in [-0.15, -0.1) is 0 Å². The minimum atomic E-state index is -0.154. The van der Waals surface area contributed by atoms with E-state index in [-0.39, 0.29) is 18.1 Å². The van der Waals surface area contributed by atoms with Gasteiger partial charge in [0.15, 0.2) is 11.5 Å². The monoisotopic (exact) mass is 575 g/mol. The molecule has 9 heteroatoms. The summed E-state index contributed by atoms with van der Waals surface area (Å²) in [5.74, 6) is 3.23. The second-order valence-corrected chi connectivity index (χ2v) is 11.7. The van der Waals surface area contributed by atoms with Crippen molar-refractivity contribution in [1.29, 1.82) is 0 Å². The highest BCUT2D eigenvalue weighted by atomic mass is 35.5. The van der Waals surface area contributed by atoms with Crippen LogP contribution in [0.15, 0.2) is 42.5 Å². The third-order valence-electron chi connectivity index (χ3n) is 8.25. The van der Waals surface area contributed by atoms with Gasteiger partial charge in [0.25, 0.3) is 0 Å². The lowest BCUT2D eigenvalue weighted by molar-refractivity contribution is -0.119. The van der Waals surface area contributed by atoms with E-state index in [1.807, 2.05) is 12.1 Å². The zero-order valence-electron chi connectivity index (χ0n) is 22.9. The zero-order chi connectivity index (χ0) is 27.8. The van der Waals surface area contributed by atoms with Crippen molar-refractivity contribution in [1.82, 2.24) is 15.6 Å². The molecule has 0 spiro atoms. The van der Waals surface area contributed by atoms with E-state index in [0.29, 0.717) is 62.0 Å². The molecule has 2 fully saturated rings. The molecule has 214 valence electrons. The Morgan fingerprint density at radius 1 is 1.00 bits per heavy atom. The molecule has 0 bridgehead atoms. The van der Waals surface area contributed by atoms with Gasteiger partial charge in [-0.3, -0.25) is 4.79 Å². The van der Waals surface area contributed by atoms with Crippen molar-refractivity contribution in [3.05, 3.63) is 64.2 Å². The fourth-order valence-corrected chi connectivity index (χ4v) is 6.09. The number of carbonyl (C=O) groups is 1. The number of ether oxygens (including phenoxy) is 4. The minimum absolute atomic E-state index is 0.114. The van der Waals surface area contributed by atoms with Crippen LogP contribution in [0, 0.1) is 5.92 Å². The Kier molecular flexibility index (Phi) is 7.35. The summed E-state index contributed by atoms with van der Waals surface area (Å²) in [4.78, 5) is 16.3. The molecule has 3 aromatic rings. The Morgan fingerprint density at radius 2 is 1.88 bits per heavy atom. The Bertz CT molecular complexity index is 1460. The van der Waals surface area contributed by atoms with Gasteiger partial charge in [0.1, 0.15) is 24.3 Å². The number of amides is 1. The van der Waals surface area contributed by atoms with E-state index in [0.717, 1.165) is 47.5 Å². The fraction of sp³-hybridized carbons (Fsp3) is 0.438. The van der Waals surface area contributed by atoms with Crippen LogP contribution in [-0.2, 0) is 17.8 Å². The lowest BCUT2D eigenvalue weighted by Gasteiger charge is -2.20. The van der Waals surface area contributed by atoms with Gasteiger partial charge in [0, 0.05) is 31.1 Å². The van der Waals surface area contributed by atoms with Crippen molar-refractivity contribution in [3.8, 4) is 34.4 Å². The van der Waals surface area contributed by atoms with Crippen LogP contribution in [0.1, 0.15) is 54.9 Å². The quantitative estimate of drug-likeness (QED) is 0.335. The summed E-state index contributed by atoms with van der Waals surface area (Å²) in [6, 6.07) is 14.5. The van der Waals surface area contributed by atoms with Gasteiger partial charge >= 0.3 is 0 Å². The second kappa shape index (κ2) is 11.4. The van der Waals surface area contributed by atoms with Crippen LogP contribution in [0.5, 0.6) is 23.3 Å². The van der Waals surface area contributed by atoms with E-state index in [1.165, 1.54) is 24.0 Å². The van der Waals surface area contributed by atoms with Crippen molar-refractivity contribution in [3.63, 3.8) is 0 Å². The summed E-state index contributed by atoms with van der Waals surface area (Å²) in [5.41, 5.74) is 5.60. The Morgan fingerprint density at radius 3 is 2.71 bits per heavy atom. The predicted octanol–water partition coefficient (Wildman–Crippen LogP) is 5.40. The summed E-state index contributed by atoms with van der Waals surface area (Å²) in [7, 11) is 0. The highest BCUT2D eigenvalue weighted by Gasteiger charge is 2.29. The third-order valence-corrected chi connectivity index (χ3v) is 8.52. The number of hydrogen-bond donors (Lipinski definition) is 2. The van der Waals surface area contributed by atoms with Crippen molar-refractivity contribution >= 4 is 17.5 Å². The maximum Gasteiger partial charge on any atom is 0.236 e. The second-order valence-electron chi connectivity index (χ2n) is 11.3. The highest BCUT2D eigenvalue weighted by Crippen LogP contribution is 2.43. The summed E-state index contributed by atoms with van der Waals surface area (Å²) in [6.45, 7) is 3.02. The molecule has 1 aromatic heterocycles. The average molecular weight is 576 g/mol. The van der Waals surface area contributed by atoms with Crippen LogP contribution in [0.2, 0.25) is 5.02 Å². The number of nitrogens with one attached hydrogen (secondary N) is 2. The molecule has 2 aliphatic heterocycles. The molecule has 1 unspecified atom stereocenters. The highest BCUT2D eigenvalue weighted by molar-refractivity contribution is 6.31.